The molecule has 1 saturated heterocycles. The zero-order valence-corrected chi connectivity index (χ0v) is 13.3. The number of amides is 1. The summed E-state index contributed by atoms with van der Waals surface area (Å²) in [6.45, 7) is 0. The number of rotatable bonds is 3. The molecule has 0 N–H and O–H groups in total. The summed E-state index contributed by atoms with van der Waals surface area (Å²) >= 11 is 6.65. The van der Waals surface area contributed by atoms with Crippen LogP contribution in [0.4, 0.5) is 5.69 Å². The Kier molecular flexibility index (Phi) is 4.51. The fourth-order valence-corrected chi connectivity index (χ4v) is 3.34. The van der Waals surface area contributed by atoms with Crippen molar-refractivity contribution in [1.29, 1.82) is 0 Å². The molecule has 22 heavy (non-hydrogen) atoms. The first-order valence-electron chi connectivity index (χ1n) is 6.80. The molecule has 1 heterocycles. The van der Waals surface area contributed by atoms with Crippen molar-refractivity contribution in [2.45, 2.75) is 0 Å². The quantitative estimate of drug-likeness (QED) is 0.606. The van der Waals surface area contributed by atoms with Crippen LogP contribution in [0.25, 0.3) is 6.08 Å². The number of para-hydroxylation sites is 1. The van der Waals surface area contributed by atoms with Gasteiger partial charge in [-0.05, 0) is 23.8 Å². The van der Waals surface area contributed by atoms with E-state index in [1.54, 1.807) is 4.90 Å². The molecule has 4 heteroatoms. The average molecular weight is 323 g/mol. The van der Waals surface area contributed by atoms with Gasteiger partial charge in [-0.3, -0.25) is 9.69 Å². The first-order chi connectivity index (χ1) is 10.8. The van der Waals surface area contributed by atoms with E-state index in [-0.39, 0.29) is 5.91 Å². The normalized spacial score (nSPS) is 16.9. The summed E-state index contributed by atoms with van der Waals surface area (Å²) in [5.74, 6) is -0.0705. The Bertz CT molecular complexity index is 751. The van der Waals surface area contributed by atoms with Crippen LogP contribution >= 0.6 is 24.0 Å². The van der Waals surface area contributed by atoms with E-state index in [1.807, 2.05) is 78.9 Å². The molecule has 1 aliphatic rings. The summed E-state index contributed by atoms with van der Waals surface area (Å²) in [6, 6.07) is 19.4. The van der Waals surface area contributed by atoms with Crippen molar-refractivity contribution in [3.05, 3.63) is 83.3 Å². The average Bonchev–Trinajstić information content (AvgIpc) is 2.83. The predicted molar refractivity (Wildman–Crippen MR) is 97.7 cm³/mol. The number of anilines is 1. The van der Waals surface area contributed by atoms with Crippen LogP contribution < -0.4 is 4.90 Å². The molecule has 108 valence electrons. The molecule has 2 nitrogen and oxygen atoms in total. The van der Waals surface area contributed by atoms with Gasteiger partial charge in [0.15, 0.2) is 4.32 Å². The van der Waals surface area contributed by atoms with Crippen LogP contribution in [0.3, 0.4) is 0 Å². The Labute approximate surface area is 139 Å². The second-order valence-corrected chi connectivity index (χ2v) is 6.32. The third-order valence-corrected chi connectivity index (χ3v) is 4.46. The Hall–Kier alpha value is -2.17. The van der Waals surface area contributed by atoms with Gasteiger partial charge in [0.05, 0.1) is 10.6 Å². The highest BCUT2D eigenvalue weighted by Crippen LogP contribution is 2.34. The van der Waals surface area contributed by atoms with Crippen LogP contribution in [0.2, 0.25) is 0 Å². The fraction of sp³-hybridized carbons (Fsp3) is 0. The monoisotopic (exact) mass is 323 g/mol. The van der Waals surface area contributed by atoms with E-state index in [0.29, 0.717) is 9.23 Å². The molecule has 3 rings (SSSR count). The summed E-state index contributed by atoms with van der Waals surface area (Å²) in [7, 11) is 0. The summed E-state index contributed by atoms with van der Waals surface area (Å²) in [6.07, 6.45) is 5.66. The molecule has 0 radical (unpaired) electrons. The molecule has 2 aromatic rings. The summed E-state index contributed by atoms with van der Waals surface area (Å²) < 4.78 is 0.565. The third kappa shape index (κ3) is 3.18. The number of thioether (sulfide) groups is 1. The van der Waals surface area contributed by atoms with E-state index in [9.17, 15) is 4.79 Å². The maximum absolute atomic E-state index is 12.5. The second kappa shape index (κ2) is 6.73. The van der Waals surface area contributed by atoms with Gasteiger partial charge < -0.3 is 0 Å². The molecular formula is C18H13NOS2. The van der Waals surface area contributed by atoms with Gasteiger partial charge in [0.1, 0.15) is 0 Å². The minimum absolute atomic E-state index is 0.0705. The first kappa shape index (κ1) is 14.8. The van der Waals surface area contributed by atoms with Crippen LogP contribution in [0.5, 0.6) is 0 Å². The number of hydrogen-bond acceptors (Lipinski definition) is 3. The number of thiocarbonyl (C=S) groups is 1. The SMILES string of the molecule is O=C1/C(=C\C=C\c2ccccc2)SC(=S)N1c1ccccc1. The molecular weight excluding hydrogens is 310 g/mol. The minimum atomic E-state index is -0.0705. The van der Waals surface area contributed by atoms with Crippen molar-refractivity contribution in [2.24, 2.45) is 0 Å². The molecule has 0 spiro atoms. The second-order valence-electron chi connectivity index (χ2n) is 4.64. The van der Waals surface area contributed by atoms with Gasteiger partial charge in [-0.1, -0.05) is 84.7 Å². The molecule has 0 unspecified atom stereocenters. The van der Waals surface area contributed by atoms with E-state index in [4.69, 9.17) is 12.2 Å². The summed E-state index contributed by atoms with van der Waals surface area (Å²) in [5.41, 5.74) is 1.90. The van der Waals surface area contributed by atoms with Crippen molar-refractivity contribution in [3.8, 4) is 0 Å². The maximum Gasteiger partial charge on any atom is 0.270 e. The highest BCUT2D eigenvalue weighted by atomic mass is 32.2. The van der Waals surface area contributed by atoms with Crippen LogP contribution in [0.1, 0.15) is 5.56 Å². The smallest absolute Gasteiger partial charge is 0.268 e. The minimum Gasteiger partial charge on any atom is -0.268 e. The molecule has 0 atom stereocenters. The Morgan fingerprint density at radius 2 is 1.59 bits per heavy atom. The van der Waals surface area contributed by atoms with Gasteiger partial charge >= 0.3 is 0 Å². The van der Waals surface area contributed by atoms with E-state index in [2.05, 4.69) is 0 Å². The molecule has 1 aliphatic heterocycles. The number of carbonyl (C=O) groups is 1. The standard InChI is InChI=1S/C18H13NOS2/c20-17-16(13-7-10-14-8-3-1-4-9-14)22-18(21)19(17)15-11-5-2-6-12-15/h1-13H/b10-7+,16-13+. The first-order valence-corrected chi connectivity index (χ1v) is 8.03. The van der Waals surface area contributed by atoms with Crippen LogP contribution in [0.15, 0.2) is 77.7 Å². The van der Waals surface area contributed by atoms with Gasteiger partial charge in [-0.2, -0.15) is 0 Å². The largest absolute Gasteiger partial charge is 0.270 e. The maximum atomic E-state index is 12.5. The zero-order chi connectivity index (χ0) is 15.4. The lowest BCUT2D eigenvalue weighted by Gasteiger charge is -2.13. The summed E-state index contributed by atoms with van der Waals surface area (Å²) in [5, 5.41) is 0. The highest BCUT2D eigenvalue weighted by Gasteiger charge is 2.32. The fourth-order valence-electron chi connectivity index (χ4n) is 2.09. The van der Waals surface area contributed by atoms with Gasteiger partial charge in [0, 0.05) is 0 Å². The van der Waals surface area contributed by atoms with Crippen LogP contribution in [0, 0.1) is 0 Å². The Balaban J connectivity index is 1.79. The van der Waals surface area contributed by atoms with Gasteiger partial charge in [-0.15, -0.1) is 0 Å². The summed E-state index contributed by atoms with van der Waals surface area (Å²) in [4.78, 5) is 14.7. The van der Waals surface area contributed by atoms with Gasteiger partial charge in [-0.25, -0.2) is 0 Å². The molecule has 0 saturated carbocycles. The van der Waals surface area contributed by atoms with Crippen molar-refractivity contribution in [3.63, 3.8) is 0 Å². The number of benzene rings is 2. The van der Waals surface area contributed by atoms with Crippen molar-refractivity contribution < 1.29 is 4.79 Å². The zero-order valence-electron chi connectivity index (χ0n) is 11.7. The Morgan fingerprint density at radius 1 is 0.955 bits per heavy atom. The highest BCUT2D eigenvalue weighted by molar-refractivity contribution is 8.27. The predicted octanol–water partition coefficient (Wildman–Crippen LogP) is 4.65. The molecule has 1 fully saturated rings. The van der Waals surface area contributed by atoms with Crippen LogP contribution in [-0.4, -0.2) is 10.2 Å². The van der Waals surface area contributed by atoms with Crippen molar-refractivity contribution in [1.82, 2.24) is 0 Å². The molecule has 0 aliphatic carbocycles. The van der Waals surface area contributed by atoms with Gasteiger partial charge in [0.2, 0.25) is 0 Å². The number of hydrogen-bond donors (Lipinski definition) is 0. The third-order valence-electron chi connectivity index (χ3n) is 3.14. The number of allylic oxidation sites excluding steroid dienone is 2. The Morgan fingerprint density at radius 3 is 2.27 bits per heavy atom. The molecule has 0 bridgehead atoms. The van der Waals surface area contributed by atoms with Gasteiger partial charge in [0.25, 0.3) is 5.91 Å². The number of carbonyl (C=O) groups excluding carboxylic acids is 1. The molecule has 1 amide bonds. The lowest BCUT2D eigenvalue weighted by Crippen LogP contribution is -2.27. The lowest BCUT2D eigenvalue weighted by molar-refractivity contribution is -0.113. The topological polar surface area (TPSA) is 20.3 Å². The van der Waals surface area contributed by atoms with Crippen LogP contribution in [-0.2, 0) is 4.79 Å². The van der Waals surface area contributed by atoms with E-state index < -0.39 is 0 Å². The van der Waals surface area contributed by atoms with E-state index >= 15 is 0 Å². The van der Waals surface area contributed by atoms with Crippen molar-refractivity contribution >= 4 is 46.0 Å². The van der Waals surface area contributed by atoms with Crippen molar-refractivity contribution in [2.75, 3.05) is 4.90 Å². The lowest BCUT2D eigenvalue weighted by atomic mass is 10.2. The van der Waals surface area contributed by atoms with E-state index in [0.717, 1.165) is 11.3 Å². The number of nitrogens with zero attached hydrogens (tertiary/aromatic N) is 1. The van der Waals surface area contributed by atoms with E-state index in [1.165, 1.54) is 11.8 Å². The molecule has 0 aromatic heterocycles. The molecule has 2 aromatic carbocycles.